The smallest absolute Gasteiger partial charge is 0.311 e. The Labute approximate surface area is 144 Å². The van der Waals surface area contributed by atoms with Crippen LogP contribution in [-0.4, -0.2) is 30.0 Å². The molecule has 0 aliphatic heterocycles. The molecule has 1 aromatic heterocycles. The first-order valence-electron chi connectivity index (χ1n) is 7.44. The lowest BCUT2D eigenvalue weighted by Gasteiger charge is -2.14. The van der Waals surface area contributed by atoms with Crippen molar-refractivity contribution in [3.05, 3.63) is 45.0 Å². The van der Waals surface area contributed by atoms with Gasteiger partial charge in [0, 0.05) is 24.1 Å². The molecule has 128 valence electrons. The minimum Gasteiger partial charge on any atom is -0.490 e. The molecule has 0 unspecified atom stereocenters. The Kier molecular flexibility index (Phi) is 5.50. The zero-order chi connectivity index (χ0) is 17.9. The number of rotatable bonds is 6. The number of nitro benzene ring substituents is 1. The van der Waals surface area contributed by atoms with Gasteiger partial charge >= 0.3 is 5.69 Å². The van der Waals surface area contributed by atoms with E-state index in [1.54, 1.807) is 7.05 Å². The summed E-state index contributed by atoms with van der Waals surface area (Å²) in [4.78, 5) is 29.0. The predicted octanol–water partition coefficient (Wildman–Crippen LogP) is 3.85. The molecule has 1 heterocycles. The zero-order valence-corrected chi connectivity index (χ0v) is 14.8. The van der Waals surface area contributed by atoms with E-state index in [1.807, 2.05) is 5.38 Å². The van der Waals surface area contributed by atoms with Crippen molar-refractivity contribution in [2.45, 2.75) is 26.2 Å². The number of nitrogens with zero attached hydrogens (tertiary/aromatic N) is 3. The molecule has 1 amide bonds. The maximum absolute atomic E-state index is 12.6. The Bertz CT molecular complexity index is 760. The summed E-state index contributed by atoms with van der Waals surface area (Å²) < 4.78 is 4.95. The van der Waals surface area contributed by atoms with Gasteiger partial charge in [-0.1, -0.05) is 13.8 Å². The number of benzene rings is 1. The van der Waals surface area contributed by atoms with Crippen molar-refractivity contribution in [1.29, 1.82) is 0 Å². The van der Waals surface area contributed by atoms with Gasteiger partial charge in [0.2, 0.25) is 0 Å². The van der Waals surface area contributed by atoms with Crippen molar-refractivity contribution in [1.82, 2.24) is 4.98 Å². The molecule has 8 heteroatoms. The summed E-state index contributed by atoms with van der Waals surface area (Å²) in [7, 11) is 2.96. The highest BCUT2D eigenvalue weighted by Crippen LogP contribution is 2.30. The summed E-state index contributed by atoms with van der Waals surface area (Å²) in [6.07, 6.45) is 0.964. The Hall–Kier alpha value is -2.48. The number of hydrogen-bond donors (Lipinski definition) is 0. The molecule has 1 atom stereocenters. The van der Waals surface area contributed by atoms with Gasteiger partial charge in [-0.3, -0.25) is 19.8 Å². The highest BCUT2D eigenvalue weighted by atomic mass is 32.1. The van der Waals surface area contributed by atoms with Crippen LogP contribution in [0, 0.1) is 10.1 Å². The molecule has 2 aromatic rings. The van der Waals surface area contributed by atoms with Gasteiger partial charge in [-0.05, 0) is 24.5 Å². The highest BCUT2D eigenvalue weighted by molar-refractivity contribution is 7.14. The molecule has 24 heavy (non-hydrogen) atoms. The van der Waals surface area contributed by atoms with Crippen LogP contribution in [0.4, 0.5) is 10.8 Å². The molecule has 0 fully saturated rings. The van der Waals surface area contributed by atoms with Gasteiger partial charge < -0.3 is 4.74 Å². The van der Waals surface area contributed by atoms with Crippen LogP contribution in [0.5, 0.6) is 5.75 Å². The molecular formula is C16H19N3O4S. The first-order chi connectivity index (χ1) is 11.4. The number of carbonyl (C=O) groups excluding carboxylic acids is 1. The van der Waals surface area contributed by atoms with Gasteiger partial charge in [-0.25, -0.2) is 4.98 Å². The number of methoxy groups -OCH3 is 1. The fourth-order valence-electron chi connectivity index (χ4n) is 2.11. The lowest BCUT2D eigenvalue weighted by Crippen LogP contribution is -2.26. The first-order valence-corrected chi connectivity index (χ1v) is 8.32. The van der Waals surface area contributed by atoms with Gasteiger partial charge in [0.15, 0.2) is 10.9 Å². The summed E-state index contributed by atoms with van der Waals surface area (Å²) >= 11 is 1.38. The number of amides is 1. The van der Waals surface area contributed by atoms with E-state index >= 15 is 0 Å². The molecule has 0 bridgehead atoms. The normalized spacial score (nSPS) is 11.8. The highest BCUT2D eigenvalue weighted by Gasteiger charge is 2.22. The van der Waals surface area contributed by atoms with Crippen molar-refractivity contribution < 1.29 is 14.5 Å². The zero-order valence-electron chi connectivity index (χ0n) is 14.0. The predicted molar refractivity (Wildman–Crippen MR) is 93.2 cm³/mol. The molecule has 7 nitrogen and oxygen atoms in total. The van der Waals surface area contributed by atoms with E-state index in [4.69, 9.17) is 4.74 Å². The molecule has 0 aliphatic carbocycles. The number of hydrogen-bond acceptors (Lipinski definition) is 6. The monoisotopic (exact) mass is 349 g/mol. The standard InChI is InChI=1S/C16H19N3O4S/c1-5-10(2)12-9-24-16(17-12)18(3)15(20)11-6-7-14(23-4)13(8-11)19(21)22/h6-10H,5H2,1-4H3/t10-/m0/s1. The summed E-state index contributed by atoms with van der Waals surface area (Å²) in [5.74, 6) is 0.0823. The molecule has 0 radical (unpaired) electrons. The minimum atomic E-state index is -0.569. The fraction of sp³-hybridized carbons (Fsp3) is 0.375. The van der Waals surface area contributed by atoms with E-state index < -0.39 is 4.92 Å². The average Bonchev–Trinajstić information content (AvgIpc) is 3.09. The number of thiazole rings is 1. The van der Waals surface area contributed by atoms with Crippen molar-refractivity contribution >= 4 is 28.1 Å². The van der Waals surface area contributed by atoms with Crippen LogP contribution < -0.4 is 9.64 Å². The van der Waals surface area contributed by atoms with E-state index in [-0.39, 0.29) is 22.9 Å². The number of aromatic nitrogens is 1. The van der Waals surface area contributed by atoms with Crippen molar-refractivity contribution in [2.75, 3.05) is 19.1 Å². The number of anilines is 1. The molecule has 0 spiro atoms. The van der Waals surface area contributed by atoms with Crippen molar-refractivity contribution in [2.24, 2.45) is 0 Å². The molecule has 0 saturated heterocycles. The quantitative estimate of drug-likeness (QED) is 0.584. The molecule has 0 N–H and O–H groups in total. The van der Waals surface area contributed by atoms with E-state index in [9.17, 15) is 14.9 Å². The van der Waals surface area contributed by atoms with E-state index in [2.05, 4.69) is 18.8 Å². The molecule has 1 aromatic carbocycles. The third kappa shape index (κ3) is 3.53. The summed E-state index contributed by atoms with van der Waals surface area (Å²) in [5, 5.41) is 13.6. The topological polar surface area (TPSA) is 85.6 Å². The maximum Gasteiger partial charge on any atom is 0.311 e. The minimum absolute atomic E-state index is 0.118. The van der Waals surface area contributed by atoms with E-state index in [1.165, 1.54) is 41.5 Å². The largest absolute Gasteiger partial charge is 0.490 e. The molecule has 2 rings (SSSR count). The second kappa shape index (κ2) is 7.39. The molecule has 0 saturated carbocycles. The van der Waals surface area contributed by atoms with Crippen molar-refractivity contribution in [3.8, 4) is 5.75 Å². The number of nitro groups is 1. The Morgan fingerprint density at radius 1 is 1.50 bits per heavy atom. The summed E-state index contributed by atoms with van der Waals surface area (Å²) in [5.41, 5.74) is 0.916. The summed E-state index contributed by atoms with van der Waals surface area (Å²) in [6, 6.07) is 4.15. The number of ether oxygens (including phenoxy) is 1. The maximum atomic E-state index is 12.6. The molecular weight excluding hydrogens is 330 g/mol. The third-order valence-electron chi connectivity index (χ3n) is 3.84. The van der Waals surface area contributed by atoms with E-state index in [0.29, 0.717) is 11.0 Å². The van der Waals surface area contributed by atoms with Gasteiger partial charge in [0.1, 0.15) is 0 Å². The van der Waals surface area contributed by atoms with Crippen LogP contribution in [0.1, 0.15) is 42.2 Å². The number of carbonyl (C=O) groups is 1. The van der Waals surface area contributed by atoms with Crippen LogP contribution >= 0.6 is 11.3 Å². The van der Waals surface area contributed by atoms with Crippen LogP contribution in [-0.2, 0) is 0 Å². The van der Waals surface area contributed by atoms with Crippen LogP contribution in [0.2, 0.25) is 0 Å². The van der Waals surface area contributed by atoms with Crippen LogP contribution in [0.15, 0.2) is 23.6 Å². The third-order valence-corrected chi connectivity index (χ3v) is 4.78. The van der Waals surface area contributed by atoms with Gasteiger partial charge in [-0.15, -0.1) is 11.3 Å². The Balaban J connectivity index is 2.29. The molecule has 0 aliphatic rings. The van der Waals surface area contributed by atoms with Crippen LogP contribution in [0.25, 0.3) is 0 Å². The van der Waals surface area contributed by atoms with Gasteiger partial charge in [0.25, 0.3) is 5.91 Å². The van der Waals surface area contributed by atoms with Gasteiger partial charge in [-0.2, -0.15) is 0 Å². The van der Waals surface area contributed by atoms with Crippen LogP contribution in [0.3, 0.4) is 0 Å². The second-order valence-electron chi connectivity index (χ2n) is 5.37. The van der Waals surface area contributed by atoms with Gasteiger partial charge in [0.05, 0.1) is 17.7 Å². The summed E-state index contributed by atoms with van der Waals surface area (Å²) in [6.45, 7) is 4.16. The second-order valence-corrected chi connectivity index (χ2v) is 6.21. The first kappa shape index (κ1) is 17.9. The Morgan fingerprint density at radius 2 is 2.21 bits per heavy atom. The SMILES string of the molecule is CC[C@H](C)c1csc(N(C)C(=O)c2ccc(OC)c([N+](=O)[O-])c2)n1. The lowest BCUT2D eigenvalue weighted by molar-refractivity contribution is -0.385. The fourth-order valence-corrected chi connectivity index (χ4v) is 3.02. The average molecular weight is 349 g/mol. The van der Waals surface area contributed by atoms with Crippen molar-refractivity contribution in [3.63, 3.8) is 0 Å². The van der Waals surface area contributed by atoms with E-state index in [0.717, 1.165) is 12.1 Å². The lowest BCUT2D eigenvalue weighted by atomic mass is 10.1. The Morgan fingerprint density at radius 3 is 2.79 bits per heavy atom.